The predicted molar refractivity (Wildman–Crippen MR) is 106 cm³/mol. The number of carbonyl (C=O) groups excluding carboxylic acids is 1. The molecule has 3 rings (SSSR count). The van der Waals surface area contributed by atoms with Crippen LogP contribution in [-0.4, -0.2) is 71.1 Å². The van der Waals surface area contributed by atoms with Crippen LogP contribution in [0.2, 0.25) is 0 Å². The molecule has 0 radical (unpaired) electrons. The van der Waals surface area contributed by atoms with Crippen LogP contribution in [0.5, 0.6) is 5.75 Å². The number of hydrogen-bond donors (Lipinski definition) is 2. The second kappa shape index (κ2) is 10.9. The SMILES string of the molecule is COc1cccc(CN2CCN(C(=O)c3ccc(F)cc3)CC2)c1.O=C(O)C(=O)O. The van der Waals surface area contributed by atoms with Crippen molar-refractivity contribution in [3.63, 3.8) is 0 Å². The molecule has 0 aliphatic carbocycles. The number of carbonyl (C=O) groups is 3. The summed E-state index contributed by atoms with van der Waals surface area (Å²) in [5, 5.41) is 14.8. The summed E-state index contributed by atoms with van der Waals surface area (Å²) in [6.07, 6.45) is 0. The summed E-state index contributed by atoms with van der Waals surface area (Å²) in [4.78, 5) is 34.8. The van der Waals surface area contributed by atoms with Gasteiger partial charge in [0.2, 0.25) is 0 Å². The van der Waals surface area contributed by atoms with Crippen molar-refractivity contribution in [3.05, 3.63) is 65.5 Å². The fourth-order valence-corrected chi connectivity index (χ4v) is 2.91. The molecule has 2 N–H and O–H groups in total. The van der Waals surface area contributed by atoms with Crippen LogP contribution in [0.25, 0.3) is 0 Å². The molecule has 8 nitrogen and oxygen atoms in total. The molecule has 0 spiro atoms. The molecule has 0 aromatic heterocycles. The highest BCUT2D eigenvalue weighted by Gasteiger charge is 2.22. The summed E-state index contributed by atoms with van der Waals surface area (Å²) < 4.78 is 18.2. The number of methoxy groups -OCH3 is 1. The number of aliphatic carboxylic acids is 2. The van der Waals surface area contributed by atoms with E-state index in [0.29, 0.717) is 18.7 Å². The van der Waals surface area contributed by atoms with Gasteiger partial charge in [0.15, 0.2) is 0 Å². The molecule has 2 aromatic carbocycles. The van der Waals surface area contributed by atoms with Crippen LogP contribution in [0.4, 0.5) is 4.39 Å². The molecule has 1 saturated heterocycles. The number of halogens is 1. The van der Waals surface area contributed by atoms with Crippen molar-refractivity contribution in [2.45, 2.75) is 6.54 Å². The van der Waals surface area contributed by atoms with Gasteiger partial charge in [-0.05, 0) is 42.0 Å². The van der Waals surface area contributed by atoms with Crippen LogP contribution in [0.3, 0.4) is 0 Å². The number of carboxylic acid groups (broad SMARTS) is 2. The van der Waals surface area contributed by atoms with Gasteiger partial charge in [0.05, 0.1) is 7.11 Å². The van der Waals surface area contributed by atoms with Crippen LogP contribution in [0, 0.1) is 5.82 Å². The largest absolute Gasteiger partial charge is 0.497 e. The van der Waals surface area contributed by atoms with Crippen LogP contribution in [0.15, 0.2) is 48.5 Å². The average molecular weight is 418 g/mol. The van der Waals surface area contributed by atoms with Gasteiger partial charge in [0.25, 0.3) is 5.91 Å². The maximum absolute atomic E-state index is 13.0. The molecule has 0 bridgehead atoms. The summed E-state index contributed by atoms with van der Waals surface area (Å²) in [5.74, 6) is -3.15. The molecular formula is C21H23FN2O6. The summed E-state index contributed by atoms with van der Waals surface area (Å²) >= 11 is 0. The van der Waals surface area contributed by atoms with E-state index in [1.165, 1.54) is 17.7 Å². The third kappa shape index (κ3) is 6.85. The number of benzene rings is 2. The Morgan fingerprint density at radius 3 is 2.10 bits per heavy atom. The zero-order chi connectivity index (χ0) is 22.1. The normalized spacial score (nSPS) is 13.7. The maximum atomic E-state index is 13.0. The van der Waals surface area contributed by atoms with E-state index >= 15 is 0 Å². The van der Waals surface area contributed by atoms with Crippen molar-refractivity contribution in [3.8, 4) is 5.75 Å². The van der Waals surface area contributed by atoms with Crippen molar-refractivity contribution in [1.29, 1.82) is 0 Å². The fourth-order valence-electron chi connectivity index (χ4n) is 2.91. The molecule has 0 atom stereocenters. The van der Waals surface area contributed by atoms with E-state index in [2.05, 4.69) is 11.0 Å². The predicted octanol–water partition coefficient (Wildman–Crippen LogP) is 1.95. The molecular weight excluding hydrogens is 395 g/mol. The number of nitrogens with zero attached hydrogens (tertiary/aromatic N) is 2. The van der Waals surface area contributed by atoms with E-state index in [1.807, 2.05) is 23.1 Å². The van der Waals surface area contributed by atoms with Gasteiger partial charge < -0.3 is 19.8 Å². The highest BCUT2D eigenvalue weighted by molar-refractivity contribution is 6.27. The van der Waals surface area contributed by atoms with Crippen LogP contribution >= 0.6 is 0 Å². The van der Waals surface area contributed by atoms with Crippen molar-refractivity contribution in [2.24, 2.45) is 0 Å². The van der Waals surface area contributed by atoms with Gasteiger partial charge in [-0.1, -0.05) is 12.1 Å². The lowest BCUT2D eigenvalue weighted by molar-refractivity contribution is -0.159. The number of carboxylic acids is 2. The molecule has 0 unspecified atom stereocenters. The Hall–Kier alpha value is -3.46. The molecule has 1 aliphatic heterocycles. The van der Waals surface area contributed by atoms with Gasteiger partial charge in [-0.3, -0.25) is 9.69 Å². The lowest BCUT2D eigenvalue weighted by Crippen LogP contribution is -2.48. The molecule has 2 aromatic rings. The first kappa shape index (κ1) is 22.8. The van der Waals surface area contributed by atoms with Gasteiger partial charge in [0, 0.05) is 38.3 Å². The van der Waals surface area contributed by atoms with Gasteiger partial charge in [-0.15, -0.1) is 0 Å². The molecule has 9 heteroatoms. The second-order valence-electron chi connectivity index (χ2n) is 6.54. The monoisotopic (exact) mass is 418 g/mol. The Morgan fingerprint density at radius 1 is 0.967 bits per heavy atom. The van der Waals surface area contributed by atoms with Crippen molar-refractivity contribution in [1.82, 2.24) is 9.80 Å². The lowest BCUT2D eigenvalue weighted by atomic mass is 10.1. The van der Waals surface area contributed by atoms with E-state index in [4.69, 9.17) is 24.5 Å². The molecule has 0 saturated carbocycles. The van der Waals surface area contributed by atoms with E-state index in [9.17, 15) is 9.18 Å². The molecule has 1 heterocycles. The first-order valence-corrected chi connectivity index (χ1v) is 9.16. The minimum absolute atomic E-state index is 0.0315. The summed E-state index contributed by atoms with van der Waals surface area (Å²) in [5.41, 5.74) is 1.74. The van der Waals surface area contributed by atoms with E-state index in [0.717, 1.165) is 25.4 Å². The van der Waals surface area contributed by atoms with E-state index in [-0.39, 0.29) is 11.7 Å². The van der Waals surface area contributed by atoms with Gasteiger partial charge >= 0.3 is 11.9 Å². The standard InChI is InChI=1S/C19H21FN2O2.C2H2O4/c1-24-18-4-2-3-15(13-18)14-21-9-11-22(12-10-21)19(23)16-5-7-17(20)8-6-16;3-1(4)2(5)6/h2-8,13H,9-12,14H2,1H3;(H,3,4)(H,5,6). The van der Waals surface area contributed by atoms with Gasteiger partial charge in [-0.25, -0.2) is 14.0 Å². The van der Waals surface area contributed by atoms with Crippen LogP contribution in [0.1, 0.15) is 15.9 Å². The molecule has 30 heavy (non-hydrogen) atoms. The maximum Gasteiger partial charge on any atom is 0.414 e. The quantitative estimate of drug-likeness (QED) is 0.731. The smallest absolute Gasteiger partial charge is 0.414 e. The molecule has 160 valence electrons. The van der Waals surface area contributed by atoms with E-state index < -0.39 is 11.9 Å². The highest BCUT2D eigenvalue weighted by atomic mass is 19.1. The average Bonchev–Trinajstić information content (AvgIpc) is 2.75. The Kier molecular flexibility index (Phi) is 8.30. The number of piperazine rings is 1. The minimum atomic E-state index is -1.82. The van der Waals surface area contributed by atoms with Crippen molar-refractivity contribution >= 4 is 17.8 Å². The fraction of sp³-hybridized carbons (Fsp3) is 0.286. The van der Waals surface area contributed by atoms with Gasteiger partial charge in [0.1, 0.15) is 11.6 Å². The number of rotatable bonds is 4. The van der Waals surface area contributed by atoms with Crippen molar-refractivity contribution < 1.29 is 33.7 Å². The highest BCUT2D eigenvalue weighted by Crippen LogP contribution is 2.16. The summed E-state index contributed by atoms with van der Waals surface area (Å²) in [7, 11) is 1.67. The topological polar surface area (TPSA) is 107 Å². The van der Waals surface area contributed by atoms with Crippen molar-refractivity contribution in [2.75, 3.05) is 33.3 Å². The number of amides is 1. The first-order chi connectivity index (χ1) is 14.3. The Labute approximate surface area is 173 Å². The Bertz CT molecular complexity index is 867. The zero-order valence-corrected chi connectivity index (χ0v) is 16.5. The number of ether oxygens (including phenoxy) is 1. The molecule has 1 aliphatic rings. The van der Waals surface area contributed by atoms with Gasteiger partial charge in [-0.2, -0.15) is 0 Å². The third-order valence-electron chi connectivity index (χ3n) is 4.47. The number of hydrogen-bond acceptors (Lipinski definition) is 5. The minimum Gasteiger partial charge on any atom is -0.497 e. The lowest BCUT2D eigenvalue weighted by Gasteiger charge is -2.34. The second-order valence-corrected chi connectivity index (χ2v) is 6.54. The first-order valence-electron chi connectivity index (χ1n) is 9.16. The molecule has 1 fully saturated rings. The third-order valence-corrected chi connectivity index (χ3v) is 4.47. The van der Waals surface area contributed by atoms with E-state index in [1.54, 1.807) is 19.2 Å². The Morgan fingerprint density at radius 2 is 1.57 bits per heavy atom. The molecule has 1 amide bonds. The summed E-state index contributed by atoms with van der Waals surface area (Å²) in [6.45, 7) is 3.85. The Balaban J connectivity index is 0.000000469. The van der Waals surface area contributed by atoms with Crippen LogP contribution < -0.4 is 4.74 Å². The van der Waals surface area contributed by atoms with Crippen LogP contribution in [-0.2, 0) is 16.1 Å². The summed E-state index contributed by atoms with van der Waals surface area (Å²) in [6, 6.07) is 13.8. The zero-order valence-electron chi connectivity index (χ0n) is 16.5.